The molecule has 180 valence electrons. The van der Waals surface area contributed by atoms with Crippen molar-refractivity contribution in [2.24, 2.45) is 0 Å². The number of hydrogen-bond acceptors (Lipinski definition) is 3. The van der Waals surface area contributed by atoms with Gasteiger partial charge in [0.2, 0.25) is 5.91 Å². The summed E-state index contributed by atoms with van der Waals surface area (Å²) in [5.74, 6) is -0.0694. The predicted octanol–water partition coefficient (Wildman–Crippen LogP) is 6.62. The lowest BCUT2D eigenvalue weighted by molar-refractivity contribution is -0.142. The second-order valence-corrected chi connectivity index (χ2v) is 9.71. The van der Waals surface area contributed by atoms with Crippen LogP contribution in [0.15, 0.2) is 59.1 Å². The monoisotopic (exact) mass is 564 g/mol. The summed E-state index contributed by atoms with van der Waals surface area (Å²) in [4.78, 5) is 27.7. The Morgan fingerprint density at radius 3 is 2.38 bits per heavy atom. The third-order valence-corrected chi connectivity index (χ3v) is 7.26. The van der Waals surface area contributed by atoms with Crippen molar-refractivity contribution < 1.29 is 14.3 Å². The Morgan fingerprint density at radius 2 is 1.71 bits per heavy atom. The third kappa shape index (κ3) is 6.23. The van der Waals surface area contributed by atoms with E-state index in [2.05, 4.69) is 21.2 Å². The SMILES string of the molecule is CC[C@@H](C)NC(=O)[C@H](C)N(Cc1c(Cl)cccc1Cl)C(=O)COc1ccc2ccccc2c1Br. The van der Waals surface area contributed by atoms with Gasteiger partial charge in [-0.2, -0.15) is 0 Å². The molecule has 0 spiro atoms. The van der Waals surface area contributed by atoms with Crippen molar-refractivity contribution in [3.05, 3.63) is 74.7 Å². The molecule has 0 bridgehead atoms. The molecule has 0 aliphatic carbocycles. The minimum atomic E-state index is -0.752. The molecule has 2 amide bonds. The molecule has 0 saturated carbocycles. The van der Waals surface area contributed by atoms with Gasteiger partial charge in [-0.3, -0.25) is 9.59 Å². The minimum Gasteiger partial charge on any atom is -0.483 e. The zero-order chi connectivity index (χ0) is 24.8. The van der Waals surface area contributed by atoms with Crippen molar-refractivity contribution >= 4 is 61.7 Å². The van der Waals surface area contributed by atoms with Crippen molar-refractivity contribution in [3.63, 3.8) is 0 Å². The largest absolute Gasteiger partial charge is 0.483 e. The number of ether oxygens (including phenoxy) is 1. The van der Waals surface area contributed by atoms with E-state index >= 15 is 0 Å². The maximum Gasteiger partial charge on any atom is 0.261 e. The zero-order valence-corrected chi connectivity index (χ0v) is 22.4. The van der Waals surface area contributed by atoms with E-state index in [4.69, 9.17) is 27.9 Å². The number of nitrogens with one attached hydrogen (secondary N) is 1. The fraction of sp³-hybridized carbons (Fsp3) is 0.308. The first-order valence-corrected chi connectivity index (χ1v) is 12.6. The lowest BCUT2D eigenvalue weighted by Gasteiger charge is -2.30. The number of fused-ring (bicyclic) bond motifs is 1. The average molecular weight is 566 g/mol. The number of amides is 2. The number of carbonyl (C=O) groups excluding carboxylic acids is 2. The molecule has 34 heavy (non-hydrogen) atoms. The van der Waals surface area contributed by atoms with E-state index in [-0.39, 0.29) is 31.0 Å². The van der Waals surface area contributed by atoms with E-state index in [0.717, 1.165) is 21.7 Å². The molecule has 0 heterocycles. The van der Waals surface area contributed by atoms with Crippen LogP contribution in [0.5, 0.6) is 5.75 Å². The maximum atomic E-state index is 13.3. The molecule has 3 aromatic rings. The minimum absolute atomic E-state index is 0.0133. The quantitative estimate of drug-likeness (QED) is 0.317. The van der Waals surface area contributed by atoms with Gasteiger partial charge in [-0.05, 0) is 65.2 Å². The first-order chi connectivity index (χ1) is 16.2. The molecule has 8 heteroatoms. The fourth-order valence-electron chi connectivity index (χ4n) is 3.45. The Bertz CT molecular complexity index is 1170. The van der Waals surface area contributed by atoms with Crippen molar-refractivity contribution in [2.75, 3.05) is 6.61 Å². The smallest absolute Gasteiger partial charge is 0.261 e. The van der Waals surface area contributed by atoms with Crippen LogP contribution in [0.4, 0.5) is 0 Å². The van der Waals surface area contributed by atoms with Crippen molar-refractivity contribution in [3.8, 4) is 5.75 Å². The van der Waals surface area contributed by atoms with Gasteiger partial charge in [-0.15, -0.1) is 0 Å². The van der Waals surface area contributed by atoms with Crippen LogP contribution in [0, 0.1) is 0 Å². The van der Waals surface area contributed by atoms with E-state index in [1.165, 1.54) is 4.90 Å². The average Bonchev–Trinajstić information content (AvgIpc) is 2.83. The molecular formula is C26H27BrCl2N2O3. The molecule has 0 unspecified atom stereocenters. The maximum absolute atomic E-state index is 13.3. The van der Waals surface area contributed by atoms with Gasteiger partial charge in [0, 0.05) is 28.2 Å². The Balaban J connectivity index is 1.84. The van der Waals surface area contributed by atoms with Gasteiger partial charge in [0.1, 0.15) is 11.8 Å². The molecule has 0 aliphatic rings. The van der Waals surface area contributed by atoms with E-state index in [0.29, 0.717) is 21.4 Å². The Labute approximate surface area is 218 Å². The van der Waals surface area contributed by atoms with Gasteiger partial charge in [0.05, 0.1) is 4.47 Å². The molecular weight excluding hydrogens is 539 g/mol. The van der Waals surface area contributed by atoms with Crippen molar-refractivity contribution in [1.82, 2.24) is 10.2 Å². The Kier molecular flexibility index (Phi) is 9.23. The fourth-order valence-corrected chi connectivity index (χ4v) is 4.57. The van der Waals surface area contributed by atoms with Crippen LogP contribution in [0.3, 0.4) is 0 Å². The van der Waals surface area contributed by atoms with E-state index < -0.39 is 6.04 Å². The first-order valence-electron chi connectivity index (χ1n) is 11.1. The third-order valence-electron chi connectivity index (χ3n) is 5.74. The normalized spacial score (nSPS) is 12.8. The van der Waals surface area contributed by atoms with Gasteiger partial charge in [-0.1, -0.05) is 66.5 Å². The highest BCUT2D eigenvalue weighted by atomic mass is 79.9. The number of carbonyl (C=O) groups is 2. The van der Waals surface area contributed by atoms with Crippen LogP contribution < -0.4 is 10.1 Å². The van der Waals surface area contributed by atoms with Crippen molar-refractivity contribution in [1.29, 1.82) is 0 Å². The summed E-state index contributed by atoms with van der Waals surface area (Å²) in [6.07, 6.45) is 0.780. The van der Waals surface area contributed by atoms with Gasteiger partial charge in [-0.25, -0.2) is 0 Å². The summed E-state index contributed by atoms with van der Waals surface area (Å²) >= 11 is 16.3. The molecule has 3 aromatic carbocycles. The summed E-state index contributed by atoms with van der Waals surface area (Å²) < 4.78 is 6.65. The molecule has 5 nitrogen and oxygen atoms in total. The summed E-state index contributed by atoms with van der Waals surface area (Å²) in [5.41, 5.74) is 0.578. The summed E-state index contributed by atoms with van der Waals surface area (Å²) in [6, 6.07) is 16.0. The van der Waals surface area contributed by atoms with Crippen LogP contribution in [-0.2, 0) is 16.1 Å². The number of benzene rings is 3. The van der Waals surface area contributed by atoms with Crippen LogP contribution in [-0.4, -0.2) is 35.4 Å². The zero-order valence-electron chi connectivity index (χ0n) is 19.3. The molecule has 0 radical (unpaired) electrons. The molecule has 2 atom stereocenters. The molecule has 0 aromatic heterocycles. The van der Waals surface area contributed by atoms with E-state index in [9.17, 15) is 9.59 Å². The molecule has 0 saturated heterocycles. The number of hydrogen-bond donors (Lipinski definition) is 1. The Morgan fingerprint density at radius 1 is 1.03 bits per heavy atom. The van der Waals surface area contributed by atoms with Gasteiger partial charge in [0.25, 0.3) is 5.91 Å². The highest BCUT2D eigenvalue weighted by molar-refractivity contribution is 9.10. The number of halogens is 3. The molecule has 1 N–H and O–H groups in total. The second kappa shape index (κ2) is 11.9. The summed E-state index contributed by atoms with van der Waals surface area (Å²) in [6.45, 7) is 5.42. The second-order valence-electron chi connectivity index (χ2n) is 8.10. The summed E-state index contributed by atoms with van der Waals surface area (Å²) in [7, 11) is 0. The van der Waals surface area contributed by atoms with Crippen molar-refractivity contribution in [2.45, 2.75) is 45.8 Å². The van der Waals surface area contributed by atoms with Crippen LogP contribution in [0.1, 0.15) is 32.8 Å². The standard InChI is InChI=1S/C26H27BrCl2N2O3/c1-4-16(2)30-26(33)17(3)31(14-20-21(28)10-7-11-22(20)29)24(32)15-34-23-13-12-18-8-5-6-9-19(18)25(23)27/h5-13,16-17H,4,14-15H2,1-3H3,(H,30,33)/t16-,17+/m1/s1. The topological polar surface area (TPSA) is 58.6 Å². The molecule has 3 rings (SSSR count). The highest BCUT2D eigenvalue weighted by Crippen LogP contribution is 2.33. The number of nitrogens with zero attached hydrogens (tertiary/aromatic N) is 1. The van der Waals surface area contributed by atoms with Crippen LogP contribution in [0.2, 0.25) is 10.0 Å². The Hall–Kier alpha value is -2.28. The lowest BCUT2D eigenvalue weighted by atomic mass is 10.1. The highest BCUT2D eigenvalue weighted by Gasteiger charge is 2.28. The first kappa shape index (κ1) is 26.3. The molecule has 0 aliphatic heterocycles. The van der Waals surface area contributed by atoms with Gasteiger partial charge < -0.3 is 15.0 Å². The molecule has 0 fully saturated rings. The lowest BCUT2D eigenvalue weighted by Crippen LogP contribution is -2.50. The summed E-state index contributed by atoms with van der Waals surface area (Å²) in [5, 5.41) is 5.83. The van der Waals surface area contributed by atoms with E-state index in [1.807, 2.05) is 50.2 Å². The van der Waals surface area contributed by atoms with Crippen LogP contribution in [0.25, 0.3) is 10.8 Å². The van der Waals surface area contributed by atoms with E-state index in [1.54, 1.807) is 25.1 Å². The van der Waals surface area contributed by atoms with Gasteiger partial charge >= 0.3 is 0 Å². The predicted molar refractivity (Wildman–Crippen MR) is 142 cm³/mol. The van der Waals surface area contributed by atoms with Gasteiger partial charge in [0.15, 0.2) is 6.61 Å². The number of rotatable bonds is 9. The van der Waals surface area contributed by atoms with Crippen LogP contribution >= 0.6 is 39.1 Å².